The van der Waals surface area contributed by atoms with Gasteiger partial charge in [0.15, 0.2) is 0 Å². The van der Waals surface area contributed by atoms with Gasteiger partial charge in [0.05, 0.1) is 11.5 Å². The third-order valence-corrected chi connectivity index (χ3v) is 9.92. The van der Waals surface area contributed by atoms with E-state index in [4.69, 9.17) is 0 Å². The summed E-state index contributed by atoms with van der Waals surface area (Å²) in [5.74, 6) is 2.87. The fraction of sp³-hybridized carbons (Fsp3) is 0.960. The molecule has 6 atom stereocenters. The molecule has 5 fully saturated rings. The molecule has 0 aromatic heterocycles. The van der Waals surface area contributed by atoms with Crippen LogP contribution >= 0.6 is 0 Å². The number of likely N-dealkylation sites (N-methyl/N-ethyl adjacent to an activating group) is 1. The van der Waals surface area contributed by atoms with Gasteiger partial charge in [-0.15, -0.1) is 0 Å². The summed E-state index contributed by atoms with van der Waals surface area (Å²) in [5, 5.41) is 13.5. The molecule has 31 heavy (non-hydrogen) atoms. The Labute approximate surface area is 189 Å². The van der Waals surface area contributed by atoms with Gasteiger partial charge in [-0.1, -0.05) is 0 Å². The van der Waals surface area contributed by atoms with Gasteiger partial charge in [0, 0.05) is 56.9 Å². The van der Waals surface area contributed by atoms with Crippen molar-refractivity contribution in [2.45, 2.75) is 83.0 Å². The smallest absolute Gasteiger partial charge is 0.0686 e. The van der Waals surface area contributed by atoms with Crippen molar-refractivity contribution in [2.75, 3.05) is 39.8 Å². The minimum absolute atomic E-state index is 0.173. The molecule has 6 unspecified atom stereocenters. The monoisotopic (exact) mass is 428 g/mol. The lowest BCUT2D eigenvalue weighted by molar-refractivity contribution is 0.0242. The van der Waals surface area contributed by atoms with E-state index in [1.54, 1.807) is 0 Å². The van der Waals surface area contributed by atoms with E-state index in [1.807, 2.05) is 0 Å². The SMILES string of the molecule is CN1CCN(C2CCC3NCC4NNC(C5CCC(C(C)(C)C#N)CC5)C4C3C2)CC1. The standard InChI is InChI=1S/C25H44N6/c1-25(2,16-26)18-6-4-17(5-7-18)24-23-20-14-19(31-12-10-30(3)11-13-31)8-9-21(20)27-15-22(23)28-29-24/h17-24,27-29H,4-15H2,1-3H3. The minimum atomic E-state index is -0.173. The summed E-state index contributed by atoms with van der Waals surface area (Å²) in [6, 6.07) is 5.25. The summed E-state index contributed by atoms with van der Waals surface area (Å²) >= 11 is 0. The number of piperazine rings is 1. The van der Waals surface area contributed by atoms with Crippen molar-refractivity contribution in [2.24, 2.45) is 29.1 Å². The van der Waals surface area contributed by atoms with Crippen LogP contribution in [0.2, 0.25) is 0 Å². The quantitative estimate of drug-likeness (QED) is 0.640. The molecule has 3 saturated heterocycles. The summed E-state index contributed by atoms with van der Waals surface area (Å²) in [4.78, 5) is 5.28. The summed E-state index contributed by atoms with van der Waals surface area (Å²) in [7, 11) is 2.26. The van der Waals surface area contributed by atoms with Gasteiger partial charge in [-0.2, -0.15) is 5.26 Å². The molecule has 0 bridgehead atoms. The van der Waals surface area contributed by atoms with Crippen molar-refractivity contribution in [3.8, 4) is 6.07 Å². The van der Waals surface area contributed by atoms with Crippen LogP contribution < -0.4 is 16.2 Å². The highest BCUT2D eigenvalue weighted by atomic mass is 15.4. The van der Waals surface area contributed by atoms with Crippen LogP contribution in [-0.2, 0) is 0 Å². The Morgan fingerprint density at radius 2 is 1.65 bits per heavy atom. The molecule has 5 rings (SSSR count). The summed E-state index contributed by atoms with van der Waals surface area (Å²) in [6.45, 7) is 10.3. The molecule has 3 heterocycles. The molecule has 2 aliphatic carbocycles. The van der Waals surface area contributed by atoms with Gasteiger partial charge >= 0.3 is 0 Å². The molecule has 3 N–H and O–H groups in total. The zero-order valence-electron chi connectivity index (χ0n) is 19.9. The van der Waals surface area contributed by atoms with Gasteiger partial charge in [-0.3, -0.25) is 15.8 Å². The third-order valence-electron chi connectivity index (χ3n) is 9.92. The van der Waals surface area contributed by atoms with Crippen molar-refractivity contribution in [1.82, 2.24) is 26.0 Å². The van der Waals surface area contributed by atoms with E-state index in [9.17, 15) is 5.26 Å². The second-order valence-corrected chi connectivity index (χ2v) is 11.9. The van der Waals surface area contributed by atoms with Gasteiger partial charge < -0.3 is 10.2 Å². The molecule has 0 aromatic rings. The number of fused-ring (bicyclic) bond motifs is 3. The zero-order chi connectivity index (χ0) is 21.6. The van der Waals surface area contributed by atoms with Gasteiger partial charge in [-0.05, 0) is 89.5 Å². The minimum Gasteiger partial charge on any atom is -0.312 e. The first-order valence-corrected chi connectivity index (χ1v) is 13.0. The van der Waals surface area contributed by atoms with Crippen molar-refractivity contribution < 1.29 is 0 Å². The molecule has 0 aromatic carbocycles. The predicted molar refractivity (Wildman–Crippen MR) is 124 cm³/mol. The average Bonchev–Trinajstić information content (AvgIpc) is 3.24. The van der Waals surface area contributed by atoms with Crippen LogP contribution in [0.4, 0.5) is 0 Å². The van der Waals surface area contributed by atoms with Crippen LogP contribution in [0.15, 0.2) is 0 Å². The van der Waals surface area contributed by atoms with Crippen LogP contribution in [0.3, 0.4) is 0 Å². The second kappa shape index (κ2) is 8.91. The van der Waals surface area contributed by atoms with E-state index < -0.39 is 0 Å². The molecule has 0 spiro atoms. The van der Waals surface area contributed by atoms with Crippen molar-refractivity contribution in [1.29, 1.82) is 5.26 Å². The Hall–Kier alpha value is -0.710. The number of rotatable bonds is 3. The van der Waals surface area contributed by atoms with Gasteiger partial charge in [0.25, 0.3) is 0 Å². The molecule has 0 radical (unpaired) electrons. The van der Waals surface area contributed by atoms with Crippen molar-refractivity contribution in [3.63, 3.8) is 0 Å². The number of nitriles is 1. The van der Waals surface area contributed by atoms with Crippen LogP contribution in [0, 0.1) is 40.4 Å². The number of hydrogen-bond donors (Lipinski definition) is 3. The Morgan fingerprint density at radius 1 is 0.903 bits per heavy atom. The first-order valence-electron chi connectivity index (χ1n) is 13.0. The highest BCUT2D eigenvalue weighted by Crippen LogP contribution is 2.46. The lowest BCUT2D eigenvalue weighted by atomic mass is 9.62. The maximum atomic E-state index is 9.57. The maximum Gasteiger partial charge on any atom is 0.0686 e. The number of piperidine rings is 1. The van der Waals surface area contributed by atoms with Crippen LogP contribution in [0.25, 0.3) is 0 Å². The number of hydrogen-bond acceptors (Lipinski definition) is 6. The van der Waals surface area contributed by atoms with E-state index in [-0.39, 0.29) is 5.41 Å². The summed E-state index contributed by atoms with van der Waals surface area (Å²) in [5.41, 5.74) is 7.33. The molecular weight excluding hydrogens is 384 g/mol. The van der Waals surface area contributed by atoms with Crippen molar-refractivity contribution >= 4 is 0 Å². The van der Waals surface area contributed by atoms with Gasteiger partial charge in [-0.25, -0.2) is 0 Å². The highest BCUT2D eigenvalue weighted by molar-refractivity contribution is 5.08. The lowest BCUT2D eigenvalue weighted by Crippen LogP contribution is -2.61. The molecule has 174 valence electrons. The largest absolute Gasteiger partial charge is 0.312 e. The van der Waals surface area contributed by atoms with Crippen LogP contribution in [-0.4, -0.2) is 73.7 Å². The summed E-state index contributed by atoms with van der Waals surface area (Å²) in [6.07, 6.45) is 9.10. The van der Waals surface area contributed by atoms with Gasteiger partial charge in [0.2, 0.25) is 0 Å². The molecule has 3 aliphatic heterocycles. The third kappa shape index (κ3) is 4.29. The summed E-state index contributed by atoms with van der Waals surface area (Å²) < 4.78 is 0. The number of hydrazine groups is 1. The lowest BCUT2D eigenvalue weighted by Gasteiger charge is -2.51. The fourth-order valence-electron chi connectivity index (χ4n) is 7.78. The molecule has 0 amide bonds. The second-order valence-electron chi connectivity index (χ2n) is 11.9. The fourth-order valence-corrected chi connectivity index (χ4v) is 7.78. The van der Waals surface area contributed by atoms with Crippen LogP contribution in [0.5, 0.6) is 0 Å². The first kappa shape index (κ1) is 22.1. The van der Waals surface area contributed by atoms with Crippen molar-refractivity contribution in [3.05, 3.63) is 0 Å². The van der Waals surface area contributed by atoms with Gasteiger partial charge in [0.1, 0.15) is 0 Å². The Kier molecular flexibility index (Phi) is 6.35. The van der Waals surface area contributed by atoms with E-state index >= 15 is 0 Å². The predicted octanol–water partition coefficient (Wildman–Crippen LogP) is 2.19. The molecule has 5 aliphatic rings. The Bertz CT molecular complexity index is 657. The number of nitrogens with zero attached hydrogens (tertiary/aromatic N) is 3. The molecule has 2 saturated carbocycles. The average molecular weight is 429 g/mol. The topological polar surface area (TPSA) is 66.4 Å². The Morgan fingerprint density at radius 3 is 2.35 bits per heavy atom. The normalized spacial score (nSPS) is 45.0. The van der Waals surface area contributed by atoms with Crippen LogP contribution in [0.1, 0.15) is 58.8 Å². The first-order chi connectivity index (χ1) is 15.0. The molecule has 6 nitrogen and oxygen atoms in total. The maximum absolute atomic E-state index is 9.57. The van der Waals surface area contributed by atoms with E-state index in [0.717, 1.165) is 30.3 Å². The molecule has 6 heteroatoms. The van der Waals surface area contributed by atoms with E-state index in [0.29, 0.717) is 24.0 Å². The zero-order valence-corrected chi connectivity index (χ0v) is 19.9. The van der Waals surface area contributed by atoms with E-state index in [2.05, 4.69) is 52.9 Å². The van der Waals surface area contributed by atoms with E-state index in [1.165, 1.54) is 71.1 Å². The number of nitrogens with one attached hydrogen (secondary N) is 3. The Balaban J connectivity index is 1.25. The molecular formula is C25H44N6. The highest BCUT2D eigenvalue weighted by Gasteiger charge is 2.51.